The molecule has 1 N–H and O–H groups in total. The third-order valence-corrected chi connectivity index (χ3v) is 2.65. The number of hydrogen-bond donors (Lipinski definition) is 1. The van der Waals surface area contributed by atoms with Crippen molar-refractivity contribution in [1.29, 1.82) is 0 Å². The van der Waals surface area contributed by atoms with Gasteiger partial charge >= 0.3 is 0 Å². The van der Waals surface area contributed by atoms with Crippen molar-refractivity contribution in [2.24, 2.45) is 0 Å². The van der Waals surface area contributed by atoms with Crippen LogP contribution in [0.4, 0.5) is 0 Å². The fraction of sp³-hybridized carbons (Fsp3) is 0.571. The van der Waals surface area contributed by atoms with Gasteiger partial charge in [-0.1, -0.05) is 44.2 Å². The van der Waals surface area contributed by atoms with E-state index in [9.17, 15) is 5.11 Å². The lowest BCUT2D eigenvalue weighted by atomic mass is 9.95. The standard InChI is InChI=1S/C14H22O2/c1-3-9-16-11-14(15)10-12(2)13-7-5-4-6-8-13/h4-8,12,14-15H,3,9-11H2,1-2H3. The molecule has 2 atom stereocenters. The highest BCUT2D eigenvalue weighted by Crippen LogP contribution is 2.20. The third-order valence-electron chi connectivity index (χ3n) is 2.65. The van der Waals surface area contributed by atoms with Crippen LogP contribution in [0.15, 0.2) is 30.3 Å². The van der Waals surface area contributed by atoms with E-state index in [0.29, 0.717) is 12.5 Å². The Labute approximate surface area is 98.3 Å². The van der Waals surface area contributed by atoms with Crippen LogP contribution in [0.2, 0.25) is 0 Å². The van der Waals surface area contributed by atoms with E-state index in [1.807, 2.05) is 18.2 Å². The van der Waals surface area contributed by atoms with E-state index in [4.69, 9.17) is 4.74 Å². The first-order chi connectivity index (χ1) is 7.74. The first kappa shape index (κ1) is 13.2. The highest BCUT2D eigenvalue weighted by Gasteiger charge is 2.11. The first-order valence-electron chi connectivity index (χ1n) is 6.04. The Bertz CT molecular complexity index is 271. The van der Waals surface area contributed by atoms with Gasteiger partial charge in [-0.3, -0.25) is 0 Å². The largest absolute Gasteiger partial charge is 0.391 e. The third kappa shape index (κ3) is 4.77. The summed E-state index contributed by atoms with van der Waals surface area (Å²) in [5.41, 5.74) is 1.28. The molecule has 0 fully saturated rings. The Morgan fingerprint density at radius 1 is 1.25 bits per heavy atom. The normalized spacial score (nSPS) is 14.7. The van der Waals surface area contributed by atoms with Crippen molar-refractivity contribution >= 4 is 0 Å². The molecule has 0 aliphatic heterocycles. The lowest BCUT2D eigenvalue weighted by Crippen LogP contribution is -2.18. The molecule has 0 aliphatic carbocycles. The van der Waals surface area contributed by atoms with Crippen LogP contribution in [0.1, 0.15) is 38.2 Å². The van der Waals surface area contributed by atoms with E-state index >= 15 is 0 Å². The van der Waals surface area contributed by atoms with Gasteiger partial charge in [-0.25, -0.2) is 0 Å². The Kier molecular flexibility index (Phi) is 6.12. The minimum Gasteiger partial charge on any atom is -0.391 e. The van der Waals surface area contributed by atoms with E-state index in [-0.39, 0.29) is 6.10 Å². The van der Waals surface area contributed by atoms with E-state index in [0.717, 1.165) is 19.4 Å². The van der Waals surface area contributed by atoms with Crippen molar-refractivity contribution in [3.8, 4) is 0 Å². The molecule has 0 saturated heterocycles. The van der Waals surface area contributed by atoms with Crippen molar-refractivity contribution in [1.82, 2.24) is 0 Å². The SMILES string of the molecule is CCCOCC(O)CC(C)c1ccccc1. The summed E-state index contributed by atoms with van der Waals surface area (Å²) in [6.45, 7) is 5.39. The summed E-state index contributed by atoms with van der Waals surface area (Å²) >= 11 is 0. The Morgan fingerprint density at radius 2 is 1.94 bits per heavy atom. The molecule has 1 rings (SSSR count). The van der Waals surface area contributed by atoms with Crippen molar-refractivity contribution in [2.75, 3.05) is 13.2 Å². The molecule has 90 valence electrons. The molecule has 0 saturated carbocycles. The molecule has 0 heterocycles. The van der Waals surface area contributed by atoms with Gasteiger partial charge in [-0.05, 0) is 24.3 Å². The predicted octanol–water partition coefficient (Wildman–Crippen LogP) is 2.97. The van der Waals surface area contributed by atoms with E-state index in [1.54, 1.807) is 0 Å². The Morgan fingerprint density at radius 3 is 2.56 bits per heavy atom. The van der Waals surface area contributed by atoms with Gasteiger partial charge in [0.1, 0.15) is 0 Å². The average Bonchev–Trinajstić information content (AvgIpc) is 2.30. The number of benzene rings is 1. The second kappa shape index (κ2) is 7.42. The van der Waals surface area contributed by atoms with Crippen LogP contribution in [0.3, 0.4) is 0 Å². The quantitative estimate of drug-likeness (QED) is 0.719. The monoisotopic (exact) mass is 222 g/mol. The topological polar surface area (TPSA) is 29.5 Å². The van der Waals surface area contributed by atoms with Crippen LogP contribution in [0.25, 0.3) is 0 Å². The van der Waals surface area contributed by atoms with E-state index < -0.39 is 0 Å². The maximum atomic E-state index is 9.78. The fourth-order valence-corrected chi connectivity index (χ4v) is 1.76. The molecular formula is C14H22O2. The number of ether oxygens (including phenoxy) is 1. The zero-order valence-electron chi connectivity index (χ0n) is 10.2. The smallest absolute Gasteiger partial charge is 0.0779 e. The van der Waals surface area contributed by atoms with Crippen LogP contribution in [0, 0.1) is 0 Å². The zero-order chi connectivity index (χ0) is 11.8. The minimum absolute atomic E-state index is 0.359. The average molecular weight is 222 g/mol. The molecule has 2 heteroatoms. The van der Waals surface area contributed by atoms with Crippen molar-refractivity contribution in [2.45, 2.75) is 38.7 Å². The highest BCUT2D eigenvalue weighted by atomic mass is 16.5. The summed E-state index contributed by atoms with van der Waals surface area (Å²) in [6, 6.07) is 10.3. The van der Waals surface area contributed by atoms with Gasteiger partial charge < -0.3 is 9.84 Å². The van der Waals surface area contributed by atoms with Gasteiger partial charge in [0.25, 0.3) is 0 Å². The van der Waals surface area contributed by atoms with Crippen molar-refractivity contribution in [3.63, 3.8) is 0 Å². The number of aliphatic hydroxyl groups is 1. The Balaban J connectivity index is 2.31. The second-order valence-electron chi connectivity index (χ2n) is 4.28. The molecule has 16 heavy (non-hydrogen) atoms. The lowest BCUT2D eigenvalue weighted by molar-refractivity contribution is 0.0300. The van der Waals surface area contributed by atoms with Crippen LogP contribution in [-0.2, 0) is 4.74 Å². The van der Waals surface area contributed by atoms with Crippen LogP contribution in [-0.4, -0.2) is 24.4 Å². The van der Waals surface area contributed by atoms with Crippen molar-refractivity contribution < 1.29 is 9.84 Å². The predicted molar refractivity (Wildman–Crippen MR) is 66.6 cm³/mol. The number of rotatable bonds is 7. The minimum atomic E-state index is -0.359. The molecule has 0 aromatic heterocycles. The number of hydrogen-bond acceptors (Lipinski definition) is 2. The van der Waals surface area contributed by atoms with Gasteiger partial charge in [0.05, 0.1) is 12.7 Å². The summed E-state index contributed by atoms with van der Waals surface area (Å²) < 4.78 is 5.33. The number of aliphatic hydroxyl groups excluding tert-OH is 1. The van der Waals surface area contributed by atoms with Crippen molar-refractivity contribution in [3.05, 3.63) is 35.9 Å². The summed E-state index contributed by atoms with van der Waals surface area (Å²) in [6.07, 6.45) is 1.40. The second-order valence-corrected chi connectivity index (χ2v) is 4.28. The van der Waals surface area contributed by atoms with Crippen LogP contribution in [0.5, 0.6) is 0 Å². The van der Waals surface area contributed by atoms with E-state index in [2.05, 4.69) is 26.0 Å². The van der Waals surface area contributed by atoms with Gasteiger partial charge in [0, 0.05) is 6.61 Å². The summed E-state index contributed by atoms with van der Waals surface area (Å²) in [5.74, 6) is 0.376. The molecule has 0 aliphatic rings. The molecule has 0 bridgehead atoms. The van der Waals surface area contributed by atoms with Gasteiger partial charge in [0.15, 0.2) is 0 Å². The molecule has 0 radical (unpaired) electrons. The maximum absolute atomic E-state index is 9.78. The molecular weight excluding hydrogens is 200 g/mol. The molecule has 2 nitrogen and oxygen atoms in total. The molecule has 1 aromatic carbocycles. The summed E-state index contributed by atoms with van der Waals surface area (Å²) in [4.78, 5) is 0. The van der Waals surface area contributed by atoms with Crippen LogP contribution >= 0.6 is 0 Å². The lowest BCUT2D eigenvalue weighted by Gasteiger charge is -2.16. The van der Waals surface area contributed by atoms with Gasteiger partial charge in [0.2, 0.25) is 0 Å². The molecule has 2 unspecified atom stereocenters. The molecule has 1 aromatic rings. The molecule has 0 spiro atoms. The summed E-state index contributed by atoms with van der Waals surface area (Å²) in [5, 5.41) is 9.78. The Hall–Kier alpha value is -0.860. The van der Waals surface area contributed by atoms with Gasteiger partial charge in [-0.15, -0.1) is 0 Å². The first-order valence-corrected chi connectivity index (χ1v) is 6.04. The molecule has 0 amide bonds. The maximum Gasteiger partial charge on any atom is 0.0779 e. The zero-order valence-corrected chi connectivity index (χ0v) is 10.2. The van der Waals surface area contributed by atoms with Gasteiger partial charge in [-0.2, -0.15) is 0 Å². The van der Waals surface area contributed by atoms with Crippen LogP contribution < -0.4 is 0 Å². The highest BCUT2D eigenvalue weighted by molar-refractivity contribution is 5.18. The summed E-state index contributed by atoms with van der Waals surface area (Å²) in [7, 11) is 0. The fourth-order valence-electron chi connectivity index (χ4n) is 1.76. The van der Waals surface area contributed by atoms with E-state index in [1.165, 1.54) is 5.56 Å².